The molecule has 1 saturated heterocycles. The molecule has 7 nitrogen and oxygen atoms in total. The highest BCUT2D eigenvalue weighted by Crippen LogP contribution is 2.36. The van der Waals surface area contributed by atoms with Gasteiger partial charge in [0.2, 0.25) is 11.8 Å². The molecule has 1 aliphatic carbocycles. The molecule has 1 amide bonds. The zero-order chi connectivity index (χ0) is 21.5. The van der Waals surface area contributed by atoms with Crippen LogP contribution in [0.3, 0.4) is 0 Å². The highest BCUT2D eigenvalue weighted by molar-refractivity contribution is 7.15. The average Bonchev–Trinajstić information content (AvgIpc) is 3.14. The lowest BCUT2D eigenvalue weighted by atomic mass is 10.2. The minimum atomic E-state index is -0.0984. The Morgan fingerprint density at radius 3 is 3.00 bits per heavy atom. The van der Waals surface area contributed by atoms with Gasteiger partial charge in [-0.2, -0.15) is 4.98 Å². The van der Waals surface area contributed by atoms with Gasteiger partial charge < -0.3 is 19.5 Å². The minimum absolute atomic E-state index is 0.0538. The Morgan fingerprint density at radius 2 is 2.29 bits per heavy atom. The van der Waals surface area contributed by atoms with Crippen LogP contribution >= 0.6 is 11.3 Å². The Hall–Kier alpha value is -2.87. The number of carbonyl (C=O) groups excluding carboxylic acids is 1. The van der Waals surface area contributed by atoms with Crippen LogP contribution in [0.15, 0.2) is 37.2 Å². The topological polar surface area (TPSA) is 72.3 Å². The van der Waals surface area contributed by atoms with Crippen LogP contribution in [-0.2, 0) is 11.3 Å². The third kappa shape index (κ3) is 4.17. The maximum atomic E-state index is 12.1. The predicted octanol–water partition coefficient (Wildman–Crippen LogP) is 4.51. The minimum Gasteiger partial charge on any atom is -0.472 e. The van der Waals surface area contributed by atoms with Crippen molar-refractivity contribution >= 4 is 39.1 Å². The normalized spacial score (nSPS) is 20.9. The molecule has 5 rings (SSSR count). The second kappa shape index (κ2) is 8.00. The van der Waals surface area contributed by atoms with E-state index in [1.807, 2.05) is 24.9 Å². The van der Waals surface area contributed by atoms with Crippen molar-refractivity contribution in [3.63, 3.8) is 0 Å². The molecule has 0 spiro atoms. The molecule has 0 bridgehead atoms. The van der Waals surface area contributed by atoms with E-state index in [0.717, 1.165) is 45.6 Å². The van der Waals surface area contributed by atoms with Crippen molar-refractivity contribution in [2.75, 3.05) is 11.9 Å². The number of rotatable bonds is 7. The lowest BCUT2D eigenvalue weighted by molar-refractivity contribution is -0.126. The number of aromatic nitrogens is 3. The monoisotopic (exact) mass is 437 g/mol. The first-order valence-corrected chi connectivity index (χ1v) is 11.6. The number of amides is 1. The van der Waals surface area contributed by atoms with Gasteiger partial charge >= 0.3 is 0 Å². The Morgan fingerprint density at radius 1 is 1.45 bits per heavy atom. The smallest absolute Gasteiger partial charge is 0.246 e. The Balaban J connectivity index is 1.46. The molecule has 1 saturated carbocycles. The summed E-state index contributed by atoms with van der Waals surface area (Å²) in [6, 6.07) is 4.28. The van der Waals surface area contributed by atoms with E-state index in [9.17, 15) is 4.79 Å². The maximum absolute atomic E-state index is 12.1. The second-order valence-corrected chi connectivity index (χ2v) is 9.81. The number of pyridine rings is 1. The molecular formula is C23H27N5O2S. The number of anilines is 2. The summed E-state index contributed by atoms with van der Waals surface area (Å²) in [7, 11) is 0. The van der Waals surface area contributed by atoms with Gasteiger partial charge in [0.1, 0.15) is 11.9 Å². The molecular weight excluding hydrogens is 410 g/mol. The van der Waals surface area contributed by atoms with Crippen molar-refractivity contribution in [3.05, 3.63) is 42.1 Å². The molecule has 1 aliphatic heterocycles. The lowest BCUT2D eigenvalue weighted by Crippen LogP contribution is -2.33. The van der Waals surface area contributed by atoms with Crippen LogP contribution < -0.4 is 10.1 Å². The van der Waals surface area contributed by atoms with E-state index < -0.39 is 0 Å². The summed E-state index contributed by atoms with van der Waals surface area (Å²) in [5.41, 5.74) is 1.11. The van der Waals surface area contributed by atoms with Crippen LogP contribution in [0.25, 0.3) is 10.9 Å². The highest BCUT2D eigenvalue weighted by atomic mass is 32.1. The third-order valence-corrected chi connectivity index (χ3v) is 6.84. The van der Waals surface area contributed by atoms with Crippen molar-refractivity contribution in [2.24, 2.45) is 5.92 Å². The molecule has 4 heterocycles. The summed E-state index contributed by atoms with van der Waals surface area (Å²) in [6.45, 7) is 9.25. The summed E-state index contributed by atoms with van der Waals surface area (Å²) >= 11 is 1.60. The molecule has 162 valence electrons. The summed E-state index contributed by atoms with van der Waals surface area (Å²) in [6.07, 6.45) is 8.61. The van der Waals surface area contributed by atoms with Crippen LogP contribution in [0.2, 0.25) is 0 Å². The molecule has 2 aliphatic rings. The Kier molecular flexibility index (Phi) is 5.17. The molecule has 8 heteroatoms. The molecule has 0 aromatic carbocycles. The van der Waals surface area contributed by atoms with Gasteiger partial charge in [0.05, 0.1) is 17.4 Å². The van der Waals surface area contributed by atoms with E-state index in [1.165, 1.54) is 18.9 Å². The van der Waals surface area contributed by atoms with Crippen LogP contribution in [0.1, 0.15) is 31.1 Å². The molecule has 0 radical (unpaired) electrons. The van der Waals surface area contributed by atoms with Crippen molar-refractivity contribution in [1.29, 1.82) is 0 Å². The molecule has 31 heavy (non-hydrogen) atoms. The first-order chi connectivity index (χ1) is 15.0. The van der Waals surface area contributed by atoms with Gasteiger partial charge in [-0.15, -0.1) is 11.3 Å². The van der Waals surface area contributed by atoms with E-state index >= 15 is 0 Å². The first-order valence-electron chi connectivity index (χ1n) is 10.8. The van der Waals surface area contributed by atoms with Gasteiger partial charge in [-0.3, -0.25) is 4.79 Å². The average molecular weight is 438 g/mol. The largest absolute Gasteiger partial charge is 0.472 e. The third-order valence-electron chi connectivity index (χ3n) is 6.01. The predicted molar refractivity (Wildman–Crippen MR) is 123 cm³/mol. The first kappa shape index (κ1) is 20.1. The number of ether oxygens (including phenoxy) is 1. The number of thiazole rings is 1. The summed E-state index contributed by atoms with van der Waals surface area (Å²) in [5, 5.41) is 5.15. The number of likely N-dealkylation sites (tertiary alicyclic amines) is 1. The molecule has 3 aromatic rings. The van der Waals surface area contributed by atoms with Crippen LogP contribution in [0.4, 0.5) is 10.9 Å². The number of hydrogen-bond donors (Lipinski definition) is 1. The van der Waals surface area contributed by atoms with Crippen molar-refractivity contribution < 1.29 is 9.53 Å². The molecule has 0 unspecified atom stereocenters. The van der Waals surface area contributed by atoms with Crippen LogP contribution in [0, 0.1) is 12.8 Å². The standard InChI is InChI=1S/C23H27N5O2S/c1-4-21(29)28-13-17(9-14(28)2)30-22-18-7-8-27(12-16-5-6-16)19(18)10-20(25-22)26-23-24-11-15(3)31-23/h4,7-8,10-11,14,16-17H,1,5-6,9,12-13H2,2-3H3,(H,24,25,26)/t14-,17-/m0/s1. The van der Waals surface area contributed by atoms with Gasteiger partial charge in [0.15, 0.2) is 5.13 Å². The van der Waals surface area contributed by atoms with Gasteiger partial charge in [-0.25, -0.2) is 4.98 Å². The van der Waals surface area contributed by atoms with Crippen LogP contribution in [0.5, 0.6) is 5.88 Å². The lowest BCUT2D eigenvalue weighted by Gasteiger charge is -2.19. The quantitative estimate of drug-likeness (QED) is 0.551. The zero-order valence-electron chi connectivity index (χ0n) is 17.9. The summed E-state index contributed by atoms with van der Waals surface area (Å²) in [4.78, 5) is 24.3. The summed E-state index contributed by atoms with van der Waals surface area (Å²) in [5.74, 6) is 2.03. The number of nitrogens with one attached hydrogen (secondary N) is 1. The number of fused-ring (bicyclic) bond motifs is 1. The second-order valence-electron chi connectivity index (χ2n) is 8.58. The Labute approximate surface area is 185 Å². The van der Waals surface area contributed by atoms with Gasteiger partial charge in [-0.05, 0) is 44.7 Å². The van der Waals surface area contributed by atoms with E-state index in [4.69, 9.17) is 9.72 Å². The fraction of sp³-hybridized carbons (Fsp3) is 0.435. The van der Waals surface area contributed by atoms with Gasteiger partial charge in [0, 0.05) is 42.3 Å². The van der Waals surface area contributed by atoms with Gasteiger partial charge in [-0.1, -0.05) is 6.58 Å². The van der Waals surface area contributed by atoms with Crippen molar-refractivity contribution in [1.82, 2.24) is 19.4 Å². The number of carbonyl (C=O) groups is 1. The number of nitrogens with zero attached hydrogens (tertiary/aromatic N) is 4. The van der Waals surface area contributed by atoms with Crippen molar-refractivity contribution in [3.8, 4) is 5.88 Å². The molecule has 3 aromatic heterocycles. The van der Waals surface area contributed by atoms with E-state index in [1.54, 1.807) is 11.3 Å². The van der Waals surface area contributed by atoms with E-state index in [0.29, 0.717) is 12.4 Å². The van der Waals surface area contributed by atoms with Crippen LogP contribution in [-0.4, -0.2) is 44.0 Å². The molecule has 1 N–H and O–H groups in total. The molecule has 2 atom stereocenters. The molecule has 2 fully saturated rings. The summed E-state index contributed by atoms with van der Waals surface area (Å²) < 4.78 is 8.69. The Bertz CT molecular complexity index is 1130. The highest BCUT2D eigenvalue weighted by Gasteiger charge is 2.33. The number of hydrogen-bond acceptors (Lipinski definition) is 6. The van der Waals surface area contributed by atoms with E-state index in [2.05, 4.69) is 39.8 Å². The van der Waals surface area contributed by atoms with Crippen molar-refractivity contribution in [2.45, 2.75) is 51.8 Å². The maximum Gasteiger partial charge on any atom is 0.246 e. The zero-order valence-corrected chi connectivity index (χ0v) is 18.7. The fourth-order valence-corrected chi connectivity index (χ4v) is 4.89. The van der Waals surface area contributed by atoms with E-state index in [-0.39, 0.29) is 18.1 Å². The fourth-order valence-electron chi connectivity index (χ4n) is 4.22. The van der Waals surface area contributed by atoms with Gasteiger partial charge in [0.25, 0.3) is 0 Å². The number of aryl methyl sites for hydroxylation is 1. The SMILES string of the molecule is C=CC(=O)N1C[C@@H](Oc2nc(Nc3ncc(C)s3)cc3c2ccn3CC2CC2)C[C@@H]1C.